The maximum Gasteiger partial charge on any atom is 0.0113 e. The molecule has 13 heavy (non-hydrogen) atoms. The van der Waals surface area contributed by atoms with Gasteiger partial charge in [-0.1, -0.05) is 66.0 Å². The maximum atomic E-state index is 5.35. The summed E-state index contributed by atoms with van der Waals surface area (Å²) < 4.78 is 0. The quantitative estimate of drug-likeness (QED) is 0.634. The van der Waals surface area contributed by atoms with E-state index < -0.39 is 0 Å². The molecule has 0 aromatic carbocycles. The van der Waals surface area contributed by atoms with Crippen LogP contribution in [0.15, 0.2) is 0 Å². The Labute approximate surface area is 93.1 Å². The van der Waals surface area contributed by atoms with Gasteiger partial charge in [-0.15, -0.1) is 0 Å². The molecule has 0 rings (SSSR count). The summed E-state index contributed by atoms with van der Waals surface area (Å²) in [6, 6.07) is 0. The van der Waals surface area contributed by atoms with Gasteiger partial charge >= 0.3 is 0 Å². The lowest BCUT2D eigenvalue weighted by atomic mass is 9.83. The number of hydrogen-bond donors (Lipinski definition) is 0. The van der Waals surface area contributed by atoms with Crippen LogP contribution >= 0.6 is 24.4 Å². The predicted molar refractivity (Wildman–Crippen MR) is 68.7 cm³/mol. The van der Waals surface area contributed by atoms with Crippen LogP contribution in [0.3, 0.4) is 0 Å². The molecule has 0 aliphatic carbocycles. The summed E-state index contributed by atoms with van der Waals surface area (Å²) in [7, 11) is 0. The number of thiocarbonyl (C=S) groups is 2. The predicted octanol–water partition coefficient (Wildman–Crippen LogP) is 4.21. The molecule has 0 N–H and O–H groups in total. The zero-order valence-corrected chi connectivity index (χ0v) is 11.2. The van der Waals surface area contributed by atoms with E-state index in [1.54, 1.807) is 0 Å². The summed E-state index contributed by atoms with van der Waals surface area (Å²) in [6.07, 6.45) is 0.803. The minimum Gasteiger partial charge on any atom is -0.0887 e. The largest absolute Gasteiger partial charge is 0.0887 e. The maximum absolute atomic E-state index is 5.35. The van der Waals surface area contributed by atoms with Crippen LogP contribution in [0.2, 0.25) is 0 Å². The second-order valence-corrected chi connectivity index (χ2v) is 6.51. The Hall–Kier alpha value is 0.180. The van der Waals surface area contributed by atoms with E-state index in [1.165, 1.54) is 0 Å². The fraction of sp³-hybridized carbons (Fsp3) is 0.818. The van der Waals surface area contributed by atoms with Crippen molar-refractivity contribution in [3.8, 4) is 0 Å². The highest BCUT2D eigenvalue weighted by molar-refractivity contribution is 7.82. The van der Waals surface area contributed by atoms with Crippen molar-refractivity contribution in [3.63, 3.8) is 0 Å². The zero-order chi connectivity index (χ0) is 10.9. The van der Waals surface area contributed by atoms with Crippen molar-refractivity contribution in [2.24, 2.45) is 10.8 Å². The Morgan fingerprint density at radius 1 is 0.769 bits per heavy atom. The van der Waals surface area contributed by atoms with Crippen LogP contribution < -0.4 is 0 Å². The van der Waals surface area contributed by atoms with Crippen LogP contribution in [0.25, 0.3) is 0 Å². The molecular formula is C11H20S2. The number of hydrogen-bond acceptors (Lipinski definition) is 2. The topological polar surface area (TPSA) is 0 Å². The van der Waals surface area contributed by atoms with Crippen molar-refractivity contribution in [3.05, 3.63) is 0 Å². The lowest BCUT2D eigenvalue weighted by Crippen LogP contribution is -2.26. The van der Waals surface area contributed by atoms with E-state index in [9.17, 15) is 0 Å². The van der Waals surface area contributed by atoms with Gasteiger partial charge in [-0.2, -0.15) is 0 Å². The molecule has 0 heterocycles. The Kier molecular flexibility index (Phi) is 4.20. The van der Waals surface area contributed by atoms with Crippen molar-refractivity contribution < 1.29 is 0 Å². The lowest BCUT2D eigenvalue weighted by Gasteiger charge is -2.25. The van der Waals surface area contributed by atoms with Crippen molar-refractivity contribution in [1.82, 2.24) is 0 Å². The second-order valence-electron chi connectivity index (χ2n) is 5.52. The average Bonchev–Trinajstić information content (AvgIpc) is 1.82. The van der Waals surface area contributed by atoms with Gasteiger partial charge in [0.15, 0.2) is 0 Å². The van der Waals surface area contributed by atoms with Crippen LogP contribution in [0.1, 0.15) is 48.0 Å². The summed E-state index contributed by atoms with van der Waals surface area (Å²) >= 11 is 10.7. The molecule has 0 atom stereocenters. The second kappa shape index (κ2) is 4.14. The highest BCUT2D eigenvalue weighted by atomic mass is 32.1. The van der Waals surface area contributed by atoms with E-state index in [-0.39, 0.29) is 10.8 Å². The molecular weight excluding hydrogens is 196 g/mol. The molecule has 0 unspecified atom stereocenters. The molecule has 0 aromatic heterocycles. The normalized spacial score (nSPS) is 12.8. The fourth-order valence-corrected chi connectivity index (χ4v) is 1.06. The summed E-state index contributed by atoms with van der Waals surface area (Å²) in [6.45, 7) is 12.8. The molecule has 0 fully saturated rings. The molecule has 0 aromatic rings. The van der Waals surface area contributed by atoms with Crippen LogP contribution in [-0.4, -0.2) is 9.73 Å². The molecule has 0 aliphatic heterocycles. The van der Waals surface area contributed by atoms with Gasteiger partial charge in [0.1, 0.15) is 0 Å². The Bertz CT molecular complexity index is 189. The van der Waals surface area contributed by atoms with Crippen molar-refractivity contribution in [2.45, 2.75) is 48.0 Å². The molecule has 0 radical (unpaired) electrons. The van der Waals surface area contributed by atoms with Crippen LogP contribution in [0, 0.1) is 10.8 Å². The zero-order valence-electron chi connectivity index (χ0n) is 9.52. The van der Waals surface area contributed by atoms with Gasteiger partial charge in [0.2, 0.25) is 0 Å². The average molecular weight is 216 g/mol. The van der Waals surface area contributed by atoms with Gasteiger partial charge in [-0.05, 0) is 10.8 Å². The molecule has 0 bridgehead atoms. The lowest BCUT2D eigenvalue weighted by molar-refractivity contribution is 0.577. The first-order valence-corrected chi connectivity index (χ1v) is 5.43. The van der Waals surface area contributed by atoms with E-state index in [0.717, 1.165) is 16.1 Å². The Morgan fingerprint density at radius 2 is 1.00 bits per heavy atom. The molecule has 0 saturated heterocycles. The SMILES string of the molecule is CC(C)(C)C(=S)CC(=S)C(C)(C)C. The third-order valence-electron chi connectivity index (χ3n) is 1.99. The van der Waals surface area contributed by atoms with E-state index in [4.69, 9.17) is 24.4 Å². The van der Waals surface area contributed by atoms with Crippen LogP contribution in [0.4, 0.5) is 0 Å². The van der Waals surface area contributed by atoms with Gasteiger partial charge in [0, 0.05) is 16.1 Å². The molecule has 0 spiro atoms. The third-order valence-corrected chi connectivity index (χ3v) is 3.51. The smallest absolute Gasteiger partial charge is 0.0113 e. The van der Waals surface area contributed by atoms with Gasteiger partial charge in [0.25, 0.3) is 0 Å². The molecule has 0 saturated carbocycles. The monoisotopic (exact) mass is 216 g/mol. The first-order chi connectivity index (χ1) is 5.55. The molecule has 0 amide bonds. The van der Waals surface area contributed by atoms with Crippen molar-refractivity contribution in [1.29, 1.82) is 0 Å². The first kappa shape index (κ1) is 13.2. The van der Waals surface area contributed by atoms with Gasteiger partial charge in [-0.3, -0.25) is 0 Å². The van der Waals surface area contributed by atoms with E-state index in [2.05, 4.69) is 41.5 Å². The summed E-state index contributed by atoms with van der Waals surface area (Å²) in [4.78, 5) is 2.12. The van der Waals surface area contributed by atoms with Gasteiger partial charge in [0.05, 0.1) is 0 Å². The molecule has 2 heteroatoms. The highest BCUT2D eigenvalue weighted by Crippen LogP contribution is 2.25. The van der Waals surface area contributed by atoms with Crippen molar-refractivity contribution in [2.75, 3.05) is 0 Å². The number of rotatable bonds is 2. The fourth-order valence-electron chi connectivity index (χ4n) is 0.676. The van der Waals surface area contributed by atoms with Crippen LogP contribution in [-0.2, 0) is 0 Å². The van der Waals surface area contributed by atoms with Crippen molar-refractivity contribution >= 4 is 34.2 Å². The highest BCUT2D eigenvalue weighted by Gasteiger charge is 2.23. The Balaban J connectivity index is 4.34. The Morgan fingerprint density at radius 3 is 1.15 bits per heavy atom. The van der Waals surface area contributed by atoms with Crippen LogP contribution in [0.5, 0.6) is 0 Å². The molecule has 76 valence electrons. The molecule has 0 nitrogen and oxygen atoms in total. The minimum atomic E-state index is 0.102. The minimum absolute atomic E-state index is 0.102. The van der Waals surface area contributed by atoms with E-state index in [0.29, 0.717) is 0 Å². The van der Waals surface area contributed by atoms with Gasteiger partial charge < -0.3 is 0 Å². The summed E-state index contributed by atoms with van der Waals surface area (Å²) in [5.41, 5.74) is 0.204. The third kappa shape index (κ3) is 4.82. The molecule has 0 aliphatic rings. The van der Waals surface area contributed by atoms with E-state index >= 15 is 0 Å². The van der Waals surface area contributed by atoms with Gasteiger partial charge in [-0.25, -0.2) is 0 Å². The first-order valence-electron chi connectivity index (χ1n) is 4.62. The summed E-state index contributed by atoms with van der Waals surface area (Å²) in [5.74, 6) is 0. The summed E-state index contributed by atoms with van der Waals surface area (Å²) in [5, 5.41) is 0. The van der Waals surface area contributed by atoms with E-state index in [1.807, 2.05) is 0 Å². The standard InChI is InChI=1S/C11H20S2/c1-10(2,3)8(12)7-9(13)11(4,5)6/h7H2,1-6H3.